The summed E-state index contributed by atoms with van der Waals surface area (Å²) in [6.45, 7) is 0.782. The Labute approximate surface area is 143 Å². The first kappa shape index (κ1) is 15.5. The molecule has 0 aliphatic carbocycles. The van der Waals surface area contributed by atoms with Crippen LogP contribution in [0.25, 0.3) is 10.9 Å². The molecule has 8 nitrogen and oxygen atoms in total. The van der Waals surface area contributed by atoms with Crippen LogP contribution in [0.15, 0.2) is 53.6 Å². The molecule has 4 rings (SSSR count). The van der Waals surface area contributed by atoms with E-state index in [0.717, 1.165) is 10.9 Å². The molecule has 2 aromatic carbocycles. The maximum absolute atomic E-state index is 12.5. The zero-order valence-corrected chi connectivity index (χ0v) is 13.8. The van der Waals surface area contributed by atoms with E-state index < -0.39 is 16.1 Å². The minimum absolute atomic E-state index is 0.105. The fourth-order valence-corrected chi connectivity index (χ4v) is 3.70. The summed E-state index contributed by atoms with van der Waals surface area (Å²) in [5.74, 6) is 0. The van der Waals surface area contributed by atoms with E-state index in [1.807, 2.05) is 0 Å². The number of hydrogen-bond acceptors (Lipinski definition) is 5. The molecule has 0 saturated carbocycles. The molecule has 1 aromatic heterocycles. The Morgan fingerprint density at radius 3 is 2.68 bits per heavy atom. The molecular formula is C16H14N4O4S. The molecule has 1 aliphatic heterocycles. The Kier molecular flexibility index (Phi) is 3.57. The number of rotatable bonds is 4. The number of sulfonamides is 1. The highest BCUT2D eigenvalue weighted by Gasteiger charge is 2.24. The molecule has 0 unspecified atom stereocenters. The van der Waals surface area contributed by atoms with E-state index in [-0.39, 0.29) is 4.90 Å². The third kappa shape index (κ3) is 2.89. The molecule has 2 N–H and O–H groups in total. The van der Waals surface area contributed by atoms with Crippen molar-refractivity contribution in [3.8, 4) is 0 Å². The smallest absolute Gasteiger partial charge is 0.414 e. The molecule has 2 heterocycles. The van der Waals surface area contributed by atoms with Crippen molar-refractivity contribution in [2.24, 2.45) is 0 Å². The normalized spacial score (nSPS) is 14.7. The number of carbonyl (C=O) groups is 1. The van der Waals surface area contributed by atoms with Gasteiger partial charge in [0.1, 0.15) is 6.61 Å². The van der Waals surface area contributed by atoms with Gasteiger partial charge >= 0.3 is 6.09 Å². The number of aromatic amines is 1. The first-order valence-electron chi connectivity index (χ1n) is 7.53. The first-order valence-corrected chi connectivity index (χ1v) is 9.01. The topological polar surface area (TPSA) is 104 Å². The lowest BCUT2D eigenvalue weighted by molar-refractivity contribution is 0.181. The summed E-state index contributed by atoms with van der Waals surface area (Å²) in [6.07, 6.45) is 1.23. The minimum Gasteiger partial charge on any atom is -0.447 e. The number of ether oxygens (including phenoxy) is 1. The van der Waals surface area contributed by atoms with Crippen LogP contribution in [0.5, 0.6) is 0 Å². The van der Waals surface area contributed by atoms with Crippen LogP contribution >= 0.6 is 0 Å². The highest BCUT2D eigenvalue weighted by atomic mass is 32.2. The summed E-state index contributed by atoms with van der Waals surface area (Å²) in [6, 6.07) is 11.2. The average molecular weight is 358 g/mol. The second-order valence-electron chi connectivity index (χ2n) is 5.54. The van der Waals surface area contributed by atoms with Gasteiger partial charge in [-0.05, 0) is 42.5 Å². The predicted molar refractivity (Wildman–Crippen MR) is 92.0 cm³/mol. The maximum atomic E-state index is 12.5. The van der Waals surface area contributed by atoms with Crippen LogP contribution in [0.4, 0.5) is 16.2 Å². The molecule has 128 valence electrons. The lowest BCUT2D eigenvalue weighted by atomic mass is 10.2. The molecule has 0 bridgehead atoms. The summed E-state index contributed by atoms with van der Waals surface area (Å²) >= 11 is 0. The molecule has 3 aromatic rings. The minimum atomic E-state index is -3.74. The number of anilines is 2. The van der Waals surface area contributed by atoms with E-state index in [9.17, 15) is 13.2 Å². The van der Waals surface area contributed by atoms with Crippen LogP contribution in [-0.4, -0.2) is 37.9 Å². The molecule has 0 spiro atoms. The molecule has 1 amide bonds. The summed E-state index contributed by atoms with van der Waals surface area (Å²) in [5, 5.41) is 7.59. The molecular weight excluding hydrogens is 344 g/mol. The van der Waals surface area contributed by atoms with Crippen LogP contribution < -0.4 is 9.62 Å². The lowest BCUT2D eigenvalue weighted by Crippen LogP contribution is -2.23. The van der Waals surface area contributed by atoms with Crippen LogP contribution in [0.3, 0.4) is 0 Å². The highest BCUT2D eigenvalue weighted by Crippen LogP contribution is 2.23. The van der Waals surface area contributed by atoms with Crippen molar-refractivity contribution in [2.75, 3.05) is 22.8 Å². The Morgan fingerprint density at radius 2 is 1.96 bits per heavy atom. The van der Waals surface area contributed by atoms with E-state index in [1.165, 1.54) is 17.0 Å². The van der Waals surface area contributed by atoms with Crippen molar-refractivity contribution < 1.29 is 17.9 Å². The standard InChI is InChI=1S/C16H14N4O4S/c21-16-20(7-8-24-16)13-3-5-14(6-4-13)25(22,23)19-12-2-1-11-10-17-18-15(11)9-12/h1-6,9-10,19H,7-8H2,(H,17,18). The number of H-pyrrole nitrogens is 1. The second kappa shape index (κ2) is 5.78. The van der Waals surface area contributed by atoms with Crippen LogP contribution in [0.2, 0.25) is 0 Å². The maximum Gasteiger partial charge on any atom is 0.414 e. The lowest BCUT2D eigenvalue weighted by Gasteiger charge is -2.13. The van der Waals surface area contributed by atoms with Gasteiger partial charge in [0.25, 0.3) is 10.0 Å². The predicted octanol–water partition coefficient (Wildman–Crippen LogP) is 2.32. The van der Waals surface area contributed by atoms with Gasteiger partial charge in [0.05, 0.1) is 28.8 Å². The van der Waals surface area contributed by atoms with Gasteiger partial charge in [-0.3, -0.25) is 14.7 Å². The van der Waals surface area contributed by atoms with Crippen molar-refractivity contribution in [3.63, 3.8) is 0 Å². The molecule has 0 radical (unpaired) electrons. The van der Waals surface area contributed by atoms with Gasteiger partial charge in [0, 0.05) is 11.1 Å². The summed E-state index contributed by atoms with van der Waals surface area (Å²) < 4.78 is 32.5. The van der Waals surface area contributed by atoms with Crippen LogP contribution in [-0.2, 0) is 14.8 Å². The number of nitrogens with one attached hydrogen (secondary N) is 2. The van der Waals surface area contributed by atoms with Gasteiger partial charge < -0.3 is 4.74 Å². The second-order valence-corrected chi connectivity index (χ2v) is 7.22. The number of amides is 1. The van der Waals surface area contributed by atoms with Crippen LogP contribution in [0.1, 0.15) is 0 Å². The highest BCUT2D eigenvalue weighted by molar-refractivity contribution is 7.92. The van der Waals surface area contributed by atoms with Gasteiger partial charge in [0.15, 0.2) is 0 Å². The Balaban J connectivity index is 1.58. The molecule has 1 saturated heterocycles. The number of carbonyl (C=O) groups excluding carboxylic acids is 1. The fraction of sp³-hybridized carbons (Fsp3) is 0.125. The summed E-state index contributed by atoms with van der Waals surface area (Å²) in [4.78, 5) is 13.1. The van der Waals surface area contributed by atoms with E-state index in [1.54, 1.807) is 36.5 Å². The van der Waals surface area contributed by atoms with Crippen molar-refractivity contribution in [3.05, 3.63) is 48.7 Å². The van der Waals surface area contributed by atoms with Gasteiger partial charge in [0.2, 0.25) is 0 Å². The van der Waals surface area contributed by atoms with Gasteiger partial charge in [-0.1, -0.05) is 0 Å². The zero-order chi connectivity index (χ0) is 17.4. The SMILES string of the molecule is O=C1OCCN1c1ccc(S(=O)(=O)Nc2ccc3cn[nH]c3c2)cc1. The van der Waals surface area contributed by atoms with E-state index in [4.69, 9.17) is 4.74 Å². The monoisotopic (exact) mass is 358 g/mol. The number of hydrogen-bond donors (Lipinski definition) is 2. The van der Waals surface area contributed by atoms with Crippen molar-refractivity contribution >= 4 is 38.4 Å². The van der Waals surface area contributed by atoms with E-state index >= 15 is 0 Å². The number of nitrogens with zero attached hydrogens (tertiary/aromatic N) is 2. The van der Waals surface area contributed by atoms with Gasteiger partial charge in [-0.2, -0.15) is 5.10 Å². The molecule has 1 aliphatic rings. The third-order valence-corrected chi connectivity index (χ3v) is 5.31. The number of cyclic esters (lactones) is 1. The first-order chi connectivity index (χ1) is 12.0. The van der Waals surface area contributed by atoms with Crippen LogP contribution in [0, 0.1) is 0 Å². The Morgan fingerprint density at radius 1 is 1.16 bits per heavy atom. The Bertz CT molecular complexity index is 1040. The Hall–Kier alpha value is -3.07. The quantitative estimate of drug-likeness (QED) is 0.745. The summed E-state index contributed by atoms with van der Waals surface area (Å²) in [7, 11) is -3.74. The number of fused-ring (bicyclic) bond motifs is 1. The largest absolute Gasteiger partial charge is 0.447 e. The number of aromatic nitrogens is 2. The number of benzene rings is 2. The van der Waals surface area contributed by atoms with Crippen molar-refractivity contribution in [2.45, 2.75) is 4.90 Å². The molecule has 25 heavy (non-hydrogen) atoms. The van der Waals surface area contributed by atoms with Gasteiger partial charge in [-0.25, -0.2) is 13.2 Å². The third-order valence-electron chi connectivity index (χ3n) is 3.91. The molecule has 9 heteroatoms. The summed E-state index contributed by atoms with van der Waals surface area (Å²) in [5.41, 5.74) is 1.77. The van der Waals surface area contributed by atoms with E-state index in [0.29, 0.717) is 24.5 Å². The zero-order valence-electron chi connectivity index (χ0n) is 13.0. The fourth-order valence-electron chi connectivity index (χ4n) is 2.65. The molecule has 0 atom stereocenters. The molecule has 1 fully saturated rings. The van der Waals surface area contributed by atoms with Gasteiger partial charge in [-0.15, -0.1) is 0 Å². The van der Waals surface area contributed by atoms with Crippen molar-refractivity contribution in [1.82, 2.24) is 10.2 Å². The van der Waals surface area contributed by atoms with E-state index in [2.05, 4.69) is 14.9 Å². The van der Waals surface area contributed by atoms with Crippen molar-refractivity contribution in [1.29, 1.82) is 0 Å². The average Bonchev–Trinajstić information content (AvgIpc) is 3.23.